The molecule has 0 aromatic carbocycles. The van der Waals surface area contributed by atoms with E-state index in [-0.39, 0.29) is 0 Å². The summed E-state index contributed by atoms with van der Waals surface area (Å²) >= 11 is 0. The number of nitrogen functional groups attached to an aromatic ring is 1. The van der Waals surface area contributed by atoms with Gasteiger partial charge in [0.15, 0.2) is 11.5 Å². The Morgan fingerprint density at radius 1 is 1.41 bits per heavy atom. The van der Waals surface area contributed by atoms with E-state index in [2.05, 4.69) is 15.0 Å². The van der Waals surface area contributed by atoms with E-state index in [0.29, 0.717) is 36.4 Å². The third kappa shape index (κ3) is 2.50. The van der Waals surface area contributed by atoms with Crippen LogP contribution < -0.4 is 5.73 Å². The first-order valence-electron chi connectivity index (χ1n) is 5.37. The van der Waals surface area contributed by atoms with Gasteiger partial charge < -0.3 is 15.4 Å². The first-order chi connectivity index (χ1) is 8.22. The highest BCUT2D eigenvalue weighted by atomic mass is 19.1. The van der Waals surface area contributed by atoms with Crippen molar-refractivity contribution in [2.45, 2.75) is 25.5 Å². The van der Waals surface area contributed by atoms with E-state index >= 15 is 0 Å². The number of nitrogens with two attached hydrogens (primary N) is 1. The minimum Gasteiger partial charge on any atom is -0.390 e. The number of hydrogen-bond acceptors (Lipinski definition) is 5. The van der Waals surface area contributed by atoms with Crippen LogP contribution in [0.25, 0.3) is 11.2 Å². The summed E-state index contributed by atoms with van der Waals surface area (Å²) in [6, 6.07) is 0. The van der Waals surface area contributed by atoms with Crippen molar-refractivity contribution in [1.29, 1.82) is 0 Å². The predicted molar refractivity (Wildman–Crippen MR) is 61.0 cm³/mol. The van der Waals surface area contributed by atoms with E-state index in [0.717, 1.165) is 0 Å². The molecule has 1 atom stereocenters. The fourth-order valence-electron chi connectivity index (χ4n) is 1.64. The lowest BCUT2D eigenvalue weighted by Crippen LogP contribution is -2.10. The number of alkyl halides is 1. The standard InChI is InChI=1S/C10H14FN5O/c11-4-7(17)2-1-3-16-6-15-8-9(12)13-5-14-10(8)16/h5-7,17H,1-4H2,(H2,12,13,14). The molecule has 3 N–H and O–H groups in total. The molecule has 0 amide bonds. The largest absolute Gasteiger partial charge is 0.390 e. The number of anilines is 1. The Morgan fingerprint density at radius 2 is 2.24 bits per heavy atom. The van der Waals surface area contributed by atoms with Crippen molar-refractivity contribution in [3.05, 3.63) is 12.7 Å². The summed E-state index contributed by atoms with van der Waals surface area (Å²) in [6.07, 6.45) is 3.19. The van der Waals surface area contributed by atoms with Gasteiger partial charge in [-0.2, -0.15) is 0 Å². The molecule has 2 rings (SSSR count). The van der Waals surface area contributed by atoms with Crippen LogP contribution in [-0.4, -0.2) is 37.4 Å². The third-order valence-corrected chi connectivity index (χ3v) is 2.54. The van der Waals surface area contributed by atoms with E-state index in [4.69, 9.17) is 10.8 Å². The maximum atomic E-state index is 12.1. The van der Waals surface area contributed by atoms with Crippen LogP contribution in [0.1, 0.15) is 12.8 Å². The molecule has 17 heavy (non-hydrogen) atoms. The van der Waals surface area contributed by atoms with Gasteiger partial charge in [-0.15, -0.1) is 0 Å². The Hall–Kier alpha value is -1.76. The fraction of sp³-hybridized carbons (Fsp3) is 0.500. The van der Waals surface area contributed by atoms with E-state index < -0.39 is 12.8 Å². The van der Waals surface area contributed by atoms with Crippen LogP contribution in [0.2, 0.25) is 0 Å². The molecule has 0 spiro atoms. The molecular formula is C10H14FN5O. The average Bonchev–Trinajstić information content (AvgIpc) is 2.74. The Morgan fingerprint density at radius 3 is 3.00 bits per heavy atom. The second-order valence-electron chi connectivity index (χ2n) is 3.82. The summed E-state index contributed by atoms with van der Waals surface area (Å²) in [5.74, 6) is 0.345. The number of aromatic nitrogens is 4. The van der Waals surface area contributed by atoms with Crippen LogP contribution in [0.4, 0.5) is 10.2 Å². The molecule has 0 aliphatic heterocycles. The van der Waals surface area contributed by atoms with E-state index in [1.807, 2.05) is 4.57 Å². The summed E-state index contributed by atoms with van der Waals surface area (Å²) in [6.45, 7) is -0.0934. The average molecular weight is 239 g/mol. The third-order valence-electron chi connectivity index (χ3n) is 2.54. The van der Waals surface area contributed by atoms with Gasteiger partial charge >= 0.3 is 0 Å². The highest BCUT2D eigenvalue weighted by Crippen LogP contribution is 2.14. The second-order valence-corrected chi connectivity index (χ2v) is 3.82. The molecular weight excluding hydrogens is 225 g/mol. The quantitative estimate of drug-likeness (QED) is 0.793. The molecule has 0 aliphatic carbocycles. The monoisotopic (exact) mass is 239 g/mol. The van der Waals surface area contributed by atoms with Crippen LogP contribution in [-0.2, 0) is 6.54 Å². The number of nitrogens with zero attached hydrogens (tertiary/aromatic N) is 4. The number of rotatable bonds is 5. The summed E-state index contributed by atoms with van der Waals surface area (Å²) in [7, 11) is 0. The molecule has 0 fully saturated rings. The molecule has 2 aromatic heterocycles. The maximum Gasteiger partial charge on any atom is 0.165 e. The summed E-state index contributed by atoms with van der Waals surface area (Å²) in [4.78, 5) is 12.0. The topological polar surface area (TPSA) is 89.9 Å². The van der Waals surface area contributed by atoms with Crippen LogP contribution >= 0.6 is 0 Å². The molecule has 92 valence electrons. The molecule has 6 nitrogen and oxygen atoms in total. The molecule has 1 unspecified atom stereocenters. The molecule has 0 aliphatic rings. The van der Waals surface area contributed by atoms with E-state index in [1.54, 1.807) is 6.33 Å². The highest BCUT2D eigenvalue weighted by Gasteiger charge is 2.08. The first-order valence-corrected chi connectivity index (χ1v) is 5.37. The smallest absolute Gasteiger partial charge is 0.165 e. The highest BCUT2D eigenvalue weighted by molar-refractivity contribution is 5.80. The van der Waals surface area contributed by atoms with Gasteiger partial charge in [0, 0.05) is 6.54 Å². The summed E-state index contributed by atoms with van der Waals surface area (Å²) in [5.41, 5.74) is 6.88. The van der Waals surface area contributed by atoms with Crippen LogP contribution in [0.5, 0.6) is 0 Å². The van der Waals surface area contributed by atoms with E-state index in [1.165, 1.54) is 6.33 Å². The number of aryl methyl sites for hydroxylation is 1. The Bertz CT molecular complexity index is 500. The lowest BCUT2D eigenvalue weighted by molar-refractivity contribution is 0.127. The molecule has 2 aromatic rings. The molecule has 0 bridgehead atoms. The summed E-state index contributed by atoms with van der Waals surface area (Å²) in [5, 5.41) is 9.10. The second kappa shape index (κ2) is 5.05. The van der Waals surface area contributed by atoms with Crippen molar-refractivity contribution in [3.63, 3.8) is 0 Å². The van der Waals surface area contributed by atoms with Gasteiger partial charge in [-0.3, -0.25) is 0 Å². The number of fused-ring (bicyclic) bond motifs is 1. The normalized spacial score (nSPS) is 13.1. The van der Waals surface area contributed by atoms with Crippen molar-refractivity contribution in [1.82, 2.24) is 19.5 Å². The zero-order valence-electron chi connectivity index (χ0n) is 9.25. The van der Waals surface area contributed by atoms with Crippen LogP contribution in [0.3, 0.4) is 0 Å². The number of imidazole rings is 1. The number of hydrogen-bond donors (Lipinski definition) is 2. The van der Waals surface area contributed by atoms with Gasteiger partial charge in [0.1, 0.15) is 18.5 Å². The SMILES string of the molecule is Nc1ncnc2c1ncn2CCCC(O)CF. The maximum absolute atomic E-state index is 12.1. The molecule has 0 saturated heterocycles. The van der Waals surface area contributed by atoms with Crippen LogP contribution in [0.15, 0.2) is 12.7 Å². The Labute approximate surface area is 97.3 Å². The van der Waals surface area contributed by atoms with Crippen molar-refractivity contribution in [2.24, 2.45) is 0 Å². The minimum atomic E-state index is -0.885. The van der Waals surface area contributed by atoms with Gasteiger partial charge in [0.25, 0.3) is 0 Å². The fourth-order valence-corrected chi connectivity index (χ4v) is 1.64. The van der Waals surface area contributed by atoms with Gasteiger partial charge in [0.2, 0.25) is 0 Å². The zero-order chi connectivity index (χ0) is 12.3. The first kappa shape index (κ1) is 11.7. The molecule has 2 heterocycles. The van der Waals surface area contributed by atoms with Crippen molar-refractivity contribution in [2.75, 3.05) is 12.4 Å². The molecule has 0 saturated carbocycles. The van der Waals surface area contributed by atoms with Crippen molar-refractivity contribution >= 4 is 17.0 Å². The van der Waals surface area contributed by atoms with Gasteiger partial charge in [0.05, 0.1) is 12.4 Å². The van der Waals surface area contributed by atoms with Crippen LogP contribution in [0, 0.1) is 0 Å². The lowest BCUT2D eigenvalue weighted by atomic mass is 10.2. The lowest BCUT2D eigenvalue weighted by Gasteiger charge is -2.06. The van der Waals surface area contributed by atoms with Gasteiger partial charge in [-0.25, -0.2) is 19.3 Å². The molecule has 7 heteroatoms. The van der Waals surface area contributed by atoms with Crippen molar-refractivity contribution in [3.8, 4) is 0 Å². The Kier molecular flexibility index (Phi) is 3.48. The Balaban J connectivity index is 2.07. The van der Waals surface area contributed by atoms with Crippen molar-refractivity contribution < 1.29 is 9.50 Å². The summed E-state index contributed by atoms with van der Waals surface area (Å²) < 4.78 is 13.9. The number of aliphatic hydroxyl groups excluding tert-OH is 1. The zero-order valence-corrected chi connectivity index (χ0v) is 9.25. The predicted octanol–water partition coefficient (Wildman–Crippen LogP) is 0.519. The van der Waals surface area contributed by atoms with Gasteiger partial charge in [-0.1, -0.05) is 0 Å². The van der Waals surface area contributed by atoms with E-state index in [9.17, 15) is 4.39 Å². The molecule has 0 radical (unpaired) electrons. The van der Waals surface area contributed by atoms with Gasteiger partial charge in [-0.05, 0) is 12.8 Å². The number of halogens is 1. The number of aliphatic hydroxyl groups is 1. The minimum absolute atomic E-state index is 0.345.